The average Bonchev–Trinajstić information content (AvgIpc) is 2.72. The van der Waals surface area contributed by atoms with Crippen LogP contribution in [0.2, 0.25) is 0 Å². The van der Waals surface area contributed by atoms with Crippen LogP contribution in [0.1, 0.15) is 5.56 Å². The molecule has 0 atom stereocenters. The number of carbonyl (C=O) groups is 2. The van der Waals surface area contributed by atoms with Crippen LogP contribution in [0, 0.1) is 0 Å². The van der Waals surface area contributed by atoms with Gasteiger partial charge in [0.15, 0.2) is 0 Å². The molecule has 1 fully saturated rings. The van der Waals surface area contributed by atoms with Crippen LogP contribution in [0.3, 0.4) is 0 Å². The number of hydrogen-bond acceptors (Lipinski definition) is 4. The van der Waals surface area contributed by atoms with Gasteiger partial charge in [0.05, 0.1) is 6.54 Å². The van der Waals surface area contributed by atoms with Crippen molar-refractivity contribution in [1.82, 2.24) is 15.2 Å². The van der Waals surface area contributed by atoms with Crippen molar-refractivity contribution in [2.45, 2.75) is 0 Å². The van der Waals surface area contributed by atoms with Crippen LogP contribution >= 0.6 is 0 Å². The lowest BCUT2D eigenvalue weighted by atomic mass is 10.2. The molecule has 1 aromatic carbocycles. The van der Waals surface area contributed by atoms with Crippen LogP contribution in [0.15, 0.2) is 60.9 Å². The summed E-state index contributed by atoms with van der Waals surface area (Å²) in [6, 6.07) is 13.5. The largest absolute Gasteiger partial charge is 0.368 e. The Hall–Kier alpha value is -3.15. The number of rotatable bonds is 5. The predicted octanol–water partition coefficient (Wildman–Crippen LogP) is 1.56. The number of piperazine rings is 1. The summed E-state index contributed by atoms with van der Waals surface area (Å²) in [5, 5.41) is 2.65. The number of benzene rings is 1. The smallest absolute Gasteiger partial charge is 0.244 e. The second-order valence-corrected chi connectivity index (χ2v) is 6.04. The van der Waals surface area contributed by atoms with E-state index >= 15 is 0 Å². The van der Waals surface area contributed by atoms with Crippen molar-refractivity contribution in [3.63, 3.8) is 0 Å². The molecule has 2 amide bonds. The Labute approximate surface area is 153 Å². The Morgan fingerprint density at radius 2 is 1.69 bits per heavy atom. The summed E-state index contributed by atoms with van der Waals surface area (Å²) in [6.45, 7) is 2.87. The number of anilines is 1. The minimum atomic E-state index is -0.266. The number of nitrogens with one attached hydrogen (secondary N) is 1. The lowest BCUT2D eigenvalue weighted by molar-refractivity contribution is -0.132. The first-order valence-electron chi connectivity index (χ1n) is 8.66. The molecule has 0 saturated carbocycles. The number of amides is 2. The Bertz CT molecular complexity index is 754. The van der Waals surface area contributed by atoms with E-state index in [1.165, 1.54) is 6.08 Å². The van der Waals surface area contributed by atoms with Gasteiger partial charge in [-0.25, -0.2) is 0 Å². The Morgan fingerprint density at radius 1 is 1.00 bits per heavy atom. The molecule has 2 aromatic rings. The van der Waals surface area contributed by atoms with Crippen molar-refractivity contribution >= 4 is 23.6 Å². The minimum Gasteiger partial charge on any atom is -0.368 e. The van der Waals surface area contributed by atoms with Gasteiger partial charge in [-0.2, -0.15) is 0 Å². The summed E-state index contributed by atoms with van der Waals surface area (Å²) in [5.74, 6) is -0.321. The molecule has 2 heterocycles. The van der Waals surface area contributed by atoms with Crippen molar-refractivity contribution in [2.75, 3.05) is 37.6 Å². The van der Waals surface area contributed by atoms with Crippen LogP contribution in [-0.4, -0.2) is 54.4 Å². The van der Waals surface area contributed by atoms with Crippen molar-refractivity contribution < 1.29 is 9.59 Å². The highest BCUT2D eigenvalue weighted by Crippen LogP contribution is 2.14. The highest BCUT2D eigenvalue weighted by Gasteiger charge is 2.21. The van der Waals surface area contributed by atoms with Gasteiger partial charge in [0.1, 0.15) is 0 Å². The Kier molecular flexibility index (Phi) is 5.98. The molecule has 1 aromatic heterocycles. The first-order chi connectivity index (χ1) is 12.7. The van der Waals surface area contributed by atoms with E-state index < -0.39 is 0 Å². The van der Waals surface area contributed by atoms with E-state index in [2.05, 4.69) is 15.2 Å². The molecule has 134 valence electrons. The molecular weight excluding hydrogens is 328 g/mol. The molecule has 6 nitrogen and oxygen atoms in total. The van der Waals surface area contributed by atoms with Gasteiger partial charge in [0.2, 0.25) is 11.8 Å². The molecule has 0 aliphatic carbocycles. The molecule has 6 heteroatoms. The fourth-order valence-electron chi connectivity index (χ4n) is 2.84. The fraction of sp³-hybridized carbons (Fsp3) is 0.250. The molecule has 0 spiro atoms. The highest BCUT2D eigenvalue weighted by molar-refractivity contribution is 5.94. The average molecular weight is 350 g/mol. The summed E-state index contributed by atoms with van der Waals surface area (Å²) < 4.78 is 0. The van der Waals surface area contributed by atoms with Gasteiger partial charge < -0.3 is 15.1 Å². The van der Waals surface area contributed by atoms with Crippen LogP contribution in [0.5, 0.6) is 0 Å². The second-order valence-electron chi connectivity index (χ2n) is 6.04. The molecule has 0 radical (unpaired) electrons. The van der Waals surface area contributed by atoms with E-state index in [-0.39, 0.29) is 18.4 Å². The molecular formula is C20H22N4O2. The van der Waals surface area contributed by atoms with Crippen LogP contribution < -0.4 is 10.2 Å². The van der Waals surface area contributed by atoms with Crippen molar-refractivity contribution in [2.24, 2.45) is 0 Å². The van der Waals surface area contributed by atoms with E-state index in [9.17, 15) is 9.59 Å². The zero-order valence-electron chi connectivity index (χ0n) is 14.5. The van der Waals surface area contributed by atoms with Gasteiger partial charge in [0.25, 0.3) is 0 Å². The highest BCUT2D eigenvalue weighted by atomic mass is 16.2. The fourth-order valence-corrected chi connectivity index (χ4v) is 2.84. The summed E-state index contributed by atoms with van der Waals surface area (Å²) in [5.41, 5.74) is 2.06. The van der Waals surface area contributed by atoms with E-state index in [1.54, 1.807) is 23.4 Å². The molecule has 1 saturated heterocycles. The van der Waals surface area contributed by atoms with Gasteiger partial charge >= 0.3 is 0 Å². The summed E-state index contributed by atoms with van der Waals surface area (Å²) in [4.78, 5) is 32.2. The Balaban J connectivity index is 1.42. The maximum Gasteiger partial charge on any atom is 0.244 e. The van der Waals surface area contributed by atoms with E-state index in [0.717, 1.165) is 24.3 Å². The lowest BCUT2D eigenvalue weighted by Crippen LogP contribution is -2.51. The second kappa shape index (κ2) is 8.80. The van der Waals surface area contributed by atoms with Crippen molar-refractivity contribution in [1.29, 1.82) is 0 Å². The van der Waals surface area contributed by atoms with Gasteiger partial charge in [-0.05, 0) is 23.8 Å². The molecule has 1 N–H and O–H groups in total. The van der Waals surface area contributed by atoms with Crippen LogP contribution in [0.4, 0.5) is 5.69 Å². The van der Waals surface area contributed by atoms with Crippen molar-refractivity contribution in [3.8, 4) is 0 Å². The molecule has 3 rings (SSSR count). The number of nitrogens with zero attached hydrogens (tertiary/aromatic N) is 3. The maximum atomic E-state index is 12.3. The predicted molar refractivity (Wildman–Crippen MR) is 102 cm³/mol. The Morgan fingerprint density at radius 3 is 2.38 bits per heavy atom. The first-order valence-corrected chi connectivity index (χ1v) is 8.66. The summed E-state index contributed by atoms with van der Waals surface area (Å²) >= 11 is 0. The minimum absolute atomic E-state index is 0.0211. The van der Waals surface area contributed by atoms with Gasteiger partial charge in [-0.3, -0.25) is 14.6 Å². The topological polar surface area (TPSA) is 65.5 Å². The van der Waals surface area contributed by atoms with Gasteiger partial charge in [-0.15, -0.1) is 0 Å². The molecule has 1 aliphatic heterocycles. The number of carbonyl (C=O) groups excluding carboxylic acids is 2. The molecule has 1 aliphatic rings. The number of pyridine rings is 1. The van der Waals surface area contributed by atoms with Crippen LogP contribution in [0.25, 0.3) is 6.08 Å². The van der Waals surface area contributed by atoms with Crippen molar-refractivity contribution in [3.05, 3.63) is 66.5 Å². The van der Waals surface area contributed by atoms with E-state index in [0.29, 0.717) is 13.1 Å². The zero-order valence-corrected chi connectivity index (χ0v) is 14.5. The van der Waals surface area contributed by atoms with Crippen LogP contribution in [-0.2, 0) is 9.59 Å². The quantitative estimate of drug-likeness (QED) is 0.831. The van der Waals surface area contributed by atoms with Gasteiger partial charge in [-0.1, -0.05) is 30.3 Å². The number of hydrogen-bond donors (Lipinski definition) is 1. The molecule has 0 unspecified atom stereocenters. The third kappa shape index (κ3) is 4.92. The summed E-state index contributed by atoms with van der Waals surface area (Å²) in [7, 11) is 0. The SMILES string of the molecule is O=C(/C=C/c1ccccc1)NCC(=O)N1CCN(c2ccncc2)CC1. The molecule has 26 heavy (non-hydrogen) atoms. The lowest BCUT2D eigenvalue weighted by Gasteiger charge is -2.36. The third-order valence-electron chi connectivity index (χ3n) is 4.30. The number of aromatic nitrogens is 1. The zero-order chi connectivity index (χ0) is 18.2. The van der Waals surface area contributed by atoms with E-state index in [4.69, 9.17) is 0 Å². The normalized spacial score (nSPS) is 14.5. The first kappa shape index (κ1) is 17.7. The van der Waals surface area contributed by atoms with E-state index in [1.807, 2.05) is 42.5 Å². The summed E-state index contributed by atoms with van der Waals surface area (Å²) in [6.07, 6.45) is 6.72. The van der Waals surface area contributed by atoms with Gasteiger partial charge in [0, 0.05) is 50.3 Å². The standard InChI is InChI=1S/C20H22N4O2/c25-19(7-6-17-4-2-1-3-5-17)22-16-20(26)24-14-12-23(13-15-24)18-8-10-21-11-9-18/h1-11H,12-16H2,(H,22,25)/b7-6+. The molecule has 0 bridgehead atoms. The third-order valence-corrected chi connectivity index (χ3v) is 4.30. The monoisotopic (exact) mass is 350 g/mol. The maximum absolute atomic E-state index is 12.3.